The molecule has 2 N–H and O–H groups in total. The van der Waals surface area contributed by atoms with E-state index < -0.39 is 0 Å². The zero-order valence-electron chi connectivity index (χ0n) is 20.0. The largest absolute Gasteiger partial charge is 0.497 e. The average Bonchev–Trinajstić information content (AvgIpc) is 3.57. The van der Waals surface area contributed by atoms with Gasteiger partial charge < -0.3 is 10.1 Å². The van der Waals surface area contributed by atoms with Crippen LogP contribution in [-0.2, 0) is 13.0 Å². The number of amides is 1. The number of aromatic nitrogens is 6. The van der Waals surface area contributed by atoms with Gasteiger partial charge in [-0.3, -0.25) is 4.79 Å². The lowest BCUT2D eigenvalue weighted by atomic mass is 10.0. The molecule has 0 fully saturated rings. The van der Waals surface area contributed by atoms with E-state index in [-0.39, 0.29) is 24.6 Å². The monoisotopic (exact) mass is 567 g/mol. The predicted molar refractivity (Wildman–Crippen MR) is 145 cm³/mol. The van der Waals surface area contributed by atoms with Crippen molar-refractivity contribution in [2.45, 2.75) is 13.0 Å². The van der Waals surface area contributed by atoms with Gasteiger partial charge in [-0.15, -0.1) is 10.2 Å². The molecule has 0 aliphatic heterocycles. The third-order valence-electron chi connectivity index (χ3n) is 5.79. The molecule has 0 spiro atoms. The number of carbonyl (C=O) groups excluding carboxylic acids is 1. The second-order valence-corrected chi connectivity index (χ2v) is 9.51. The number of hydrogen-bond acceptors (Lipinski definition) is 6. The Kier molecular flexibility index (Phi) is 7.59. The van der Waals surface area contributed by atoms with Crippen molar-refractivity contribution in [1.29, 1.82) is 0 Å². The van der Waals surface area contributed by atoms with Crippen LogP contribution in [0.1, 0.15) is 27.4 Å². The average molecular weight is 569 g/mol. The predicted octanol–water partition coefficient (Wildman–Crippen LogP) is 5.54. The lowest BCUT2D eigenvalue weighted by Crippen LogP contribution is -2.24. The van der Waals surface area contributed by atoms with Crippen molar-refractivity contribution < 1.29 is 9.53 Å². The van der Waals surface area contributed by atoms with Crippen molar-refractivity contribution in [2.75, 3.05) is 7.11 Å². The lowest BCUT2D eigenvalue weighted by molar-refractivity contribution is 0.0944. The molecule has 3 aromatic carbocycles. The van der Waals surface area contributed by atoms with Crippen LogP contribution in [0.2, 0.25) is 15.1 Å². The summed E-state index contributed by atoms with van der Waals surface area (Å²) in [6.07, 6.45) is 0.185. The summed E-state index contributed by atoms with van der Waals surface area (Å²) < 4.78 is 6.83. The first-order chi connectivity index (χ1) is 18.4. The summed E-state index contributed by atoms with van der Waals surface area (Å²) in [6, 6.07) is 19.7. The zero-order valence-corrected chi connectivity index (χ0v) is 22.2. The maximum atomic E-state index is 13.6. The van der Waals surface area contributed by atoms with Crippen LogP contribution in [0.15, 0.2) is 66.7 Å². The van der Waals surface area contributed by atoms with Gasteiger partial charge >= 0.3 is 0 Å². The summed E-state index contributed by atoms with van der Waals surface area (Å²) >= 11 is 18.9. The Bertz CT molecular complexity index is 1570. The highest BCUT2D eigenvalue weighted by Gasteiger charge is 2.27. The van der Waals surface area contributed by atoms with E-state index in [2.05, 4.69) is 25.9 Å². The van der Waals surface area contributed by atoms with Crippen LogP contribution in [0.25, 0.3) is 16.9 Å². The number of nitrogens with one attached hydrogen (secondary N) is 2. The molecule has 1 amide bonds. The lowest BCUT2D eigenvalue weighted by Gasteiger charge is -2.11. The van der Waals surface area contributed by atoms with Crippen molar-refractivity contribution in [1.82, 2.24) is 35.7 Å². The molecule has 0 saturated heterocycles. The first-order valence-corrected chi connectivity index (χ1v) is 12.5. The van der Waals surface area contributed by atoms with Crippen LogP contribution in [0.5, 0.6) is 5.75 Å². The molecule has 9 nitrogen and oxygen atoms in total. The highest BCUT2D eigenvalue weighted by molar-refractivity contribution is 6.35. The molecule has 0 aliphatic rings. The quantitative estimate of drug-likeness (QED) is 0.254. The number of tetrazole rings is 1. The molecule has 0 unspecified atom stereocenters. The number of aromatic amines is 1. The van der Waals surface area contributed by atoms with Gasteiger partial charge in [0.25, 0.3) is 5.91 Å². The molecule has 0 bridgehead atoms. The van der Waals surface area contributed by atoms with Crippen molar-refractivity contribution in [2.24, 2.45) is 0 Å². The maximum Gasteiger partial charge on any atom is 0.272 e. The van der Waals surface area contributed by atoms with E-state index in [4.69, 9.17) is 44.6 Å². The Morgan fingerprint density at radius 1 is 1.00 bits per heavy atom. The highest BCUT2D eigenvalue weighted by atomic mass is 35.5. The van der Waals surface area contributed by atoms with E-state index in [1.54, 1.807) is 42.1 Å². The summed E-state index contributed by atoms with van der Waals surface area (Å²) in [5.41, 5.74) is 3.62. The zero-order chi connectivity index (χ0) is 26.6. The van der Waals surface area contributed by atoms with Crippen LogP contribution in [0.4, 0.5) is 0 Å². The van der Waals surface area contributed by atoms with E-state index in [0.29, 0.717) is 37.8 Å². The Morgan fingerprint density at radius 2 is 1.74 bits per heavy atom. The number of nitrogens with zero attached hydrogens (tertiary/aromatic N) is 5. The smallest absolute Gasteiger partial charge is 0.272 e. The second-order valence-electron chi connectivity index (χ2n) is 8.23. The highest BCUT2D eigenvalue weighted by Crippen LogP contribution is 2.34. The Labute approximate surface area is 232 Å². The van der Waals surface area contributed by atoms with Crippen LogP contribution in [0, 0.1) is 0 Å². The van der Waals surface area contributed by atoms with Gasteiger partial charge in [-0.1, -0.05) is 64.3 Å². The molecule has 38 heavy (non-hydrogen) atoms. The van der Waals surface area contributed by atoms with Crippen LogP contribution in [0.3, 0.4) is 0 Å². The van der Waals surface area contributed by atoms with E-state index in [9.17, 15) is 4.79 Å². The first kappa shape index (κ1) is 25.7. The number of ether oxygens (including phenoxy) is 1. The van der Waals surface area contributed by atoms with Gasteiger partial charge in [-0.25, -0.2) is 4.68 Å². The number of carbonyl (C=O) groups is 1. The normalized spacial score (nSPS) is 10.9. The third-order valence-corrected chi connectivity index (χ3v) is 6.58. The molecule has 0 radical (unpaired) electrons. The molecule has 12 heteroatoms. The van der Waals surface area contributed by atoms with E-state index in [1.807, 2.05) is 36.4 Å². The topological polar surface area (TPSA) is 111 Å². The molecule has 0 atom stereocenters. The fourth-order valence-corrected chi connectivity index (χ4v) is 4.57. The third kappa shape index (κ3) is 5.50. The molecular formula is C26H20Cl3N7O2. The van der Waals surface area contributed by atoms with Gasteiger partial charge in [-0.05, 0) is 48.0 Å². The number of halogens is 3. The molecule has 2 heterocycles. The fourth-order valence-electron chi connectivity index (χ4n) is 3.96. The molecule has 192 valence electrons. The summed E-state index contributed by atoms with van der Waals surface area (Å²) in [6.45, 7) is 0.287. The Balaban J connectivity index is 1.62. The van der Waals surface area contributed by atoms with Crippen molar-refractivity contribution in [3.05, 3.63) is 104 Å². The van der Waals surface area contributed by atoms with Crippen LogP contribution < -0.4 is 10.1 Å². The molecule has 2 aromatic heterocycles. The standard InChI is InChI=1S/C26H20Cl3N7O2/c1-38-19-9-2-15(3-10-19)14-30-26(37)24-20(13-23-31-34-35-32-23)25(16-4-6-17(27)7-5-16)36(33-24)22-11-8-18(28)12-21(22)29/h2-12H,13-14H2,1H3,(H,30,37)(H,31,32,34,35). The summed E-state index contributed by atoms with van der Waals surface area (Å²) in [7, 11) is 1.60. The van der Waals surface area contributed by atoms with Crippen molar-refractivity contribution in [3.63, 3.8) is 0 Å². The molecule has 0 aliphatic carbocycles. The molecule has 5 rings (SSSR count). The number of H-pyrrole nitrogens is 1. The van der Waals surface area contributed by atoms with Gasteiger partial charge in [0.15, 0.2) is 11.5 Å². The minimum absolute atomic E-state index is 0.185. The number of methoxy groups -OCH3 is 1. The van der Waals surface area contributed by atoms with Gasteiger partial charge in [-0.2, -0.15) is 10.3 Å². The summed E-state index contributed by atoms with van der Waals surface area (Å²) in [5, 5.41) is 23.4. The fraction of sp³-hybridized carbons (Fsp3) is 0.115. The SMILES string of the molecule is COc1ccc(CNC(=O)c2nn(-c3ccc(Cl)cc3Cl)c(-c3ccc(Cl)cc3)c2Cc2nn[nH]n2)cc1. The van der Waals surface area contributed by atoms with Crippen LogP contribution >= 0.6 is 34.8 Å². The van der Waals surface area contributed by atoms with Gasteiger partial charge in [0.1, 0.15) is 5.75 Å². The Morgan fingerprint density at radius 3 is 2.39 bits per heavy atom. The molecule has 5 aromatic rings. The van der Waals surface area contributed by atoms with E-state index in [0.717, 1.165) is 16.9 Å². The van der Waals surface area contributed by atoms with Gasteiger partial charge in [0.2, 0.25) is 0 Å². The van der Waals surface area contributed by atoms with Crippen LogP contribution in [-0.4, -0.2) is 43.4 Å². The number of benzene rings is 3. The number of hydrogen-bond donors (Lipinski definition) is 2. The Hall–Kier alpha value is -3.92. The number of rotatable bonds is 8. The van der Waals surface area contributed by atoms with Gasteiger partial charge in [0.05, 0.1) is 23.5 Å². The van der Waals surface area contributed by atoms with E-state index >= 15 is 0 Å². The summed E-state index contributed by atoms with van der Waals surface area (Å²) in [4.78, 5) is 13.6. The minimum atomic E-state index is -0.377. The van der Waals surface area contributed by atoms with Crippen molar-refractivity contribution in [3.8, 4) is 22.7 Å². The van der Waals surface area contributed by atoms with E-state index in [1.165, 1.54) is 0 Å². The van der Waals surface area contributed by atoms with Crippen molar-refractivity contribution >= 4 is 40.7 Å². The molecular weight excluding hydrogens is 549 g/mol. The minimum Gasteiger partial charge on any atom is -0.497 e. The maximum absolute atomic E-state index is 13.6. The molecule has 0 saturated carbocycles. The van der Waals surface area contributed by atoms with Gasteiger partial charge in [0, 0.05) is 34.1 Å². The first-order valence-electron chi connectivity index (χ1n) is 11.4. The summed E-state index contributed by atoms with van der Waals surface area (Å²) in [5.74, 6) is 0.748. The second kappa shape index (κ2) is 11.2.